The summed E-state index contributed by atoms with van der Waals surface area (Å²) in [6, 6.07) is 22.8. The molecule has 0 bridgehead atoms. The van der Waals surface area contributed by atoms with Crippen LogP contribution in [-0.2, 0) is 26.8 Å². The third kappa shape index (κ3) is 6.57. The van der Waals surface area contributed by atoms with Crippen LogP contribution in [0.2, 0.25) is 0 Å². The number of rotatable bonds is 6. The summed E-state index contributed by atoms with van der Waals surface area (Å²) < 4.78 is 21.5. The van der Waals surface area contributed by atoms with Gasteiger partial charge in [-0.1, -0.05) is 72.8 Å². The first-order valence-corrected chi connectivity index (χ1v) is 11.1. The fourth-order valence-electron chi connectivity index (χ4n) is 2.83. The summed E-state index contributed by atoms with van der Waals surface area (Å²) in [6.45, 7) is 0.0901. The van der Waals surface area contributed by atoms with Crippen molar-refractivity contribution in [2.24, 2.45) is 0 Å². The van der Waals surface area contributed by atoms with Gasteiger partial charge in [-0.2, -0.15) is 0 Å². The highest BCUT2D eigenvalue weighted by molar-refractivity contribution is 7.47. The largest absolute Gasteiger partial charge is 0.507 e. The van der Waals surface area contributed by atoms with Crippen LogP contribution >= 0.6 is 7.82 Å². The average Bonchev–Trinajstić information content (AvgIpc) is 2.81. The molecule has 0 aliphatic heterocycles. The molecule has 0 aromatic heterocycles. The molecule has 8 heteroatoms. The van der Waals surface area contributed by atoms with Crippen molar-refractivity contribution in [3.05, 3.63) is 113 Å². The third-order valence-electron chi connectivity index (χ3n) is 4.41. The van der Waals surface area contributed by atoms with Crippen molar-refractivity contribution in [3.8, 4) is 5.75 Å². The van der Waals surface area contributed by atoms with Gasteiger partial charge in [0.1, 0.15) is 5.75 Å². The SMILES string of the molecule is O=C1C=CC(=O)c2c(O)cccc21.O=P(O)(OCc1ccccc1)OCc1ccccc1. The van der Waals surface area contributed by atoms with Crippen LogP contribution < -0.4 is 0 Å². The first kappa shape index (κ1) is 23.3. The Balaban J connectivity index is 0.000000193. The number of carbonyl (C=O) groups is 2. The molecule has 0 saturated heterocycles. The average molecular weight is 452 g/mol. The number of carbonyl (C=O) groups excluding carboxylic acids is 2. The minimum atomic E-state index is -4.02. The van der Waals surface area contributed by atoms with Crippen molar-refractivity contribution in [1.82, 2.24) is 0 Å². The number of allylic oxidation sites excluding steroid dienone is 2. The van der Waals surface area contributed by atoms with E-state index in [9.17, 15) is 24.2 Å². The number of hydrogen-bond acceptors (Lipinski definition) is 6. The summed E-state index contributed by atoms with van der Waals surface area (Å²) in [5.74, 6) is -0.710. The molecule has 0 atom stereocenters. The molecule has 7 nitrogen and oxygen atoms in total. The highest BCUT2D eigenvalue weighted by Gasteiger charge is 2.22. The van der Waals surface area contributed by atoms with E-state index in [1.54, 1.807) is 6.07 Å². The number of phenolic OH excluding ortho intramolecular Hbond substituents is 1. The molecule has 32 heavy (non-hydrogen) atoms. The van der Waals surface area contributed by atoms with E-state index in [1.165, 1.54) is 24.3 Å². The van der Waals surface area contributed by atoms with Crippen LogP contribution in [0.4, 0.5) is 0 Å². The summed E-state index contributed by atoms with van der Waals surface area (Å²) in [4.78, 5) is 32.0. The van der Waals surface area contributed by atoms with Gasteiger partial charge in [-0.15, -0.1) is 0 Å². The molecule has 0 saturated carbocycles. The molecule has 4 rings (SSSR count). The molecule has 1 aliphatic rings. The maximum atomic E-state index is 11.7. The first-order chi connectivity index (χ1) is 15.4. The van der Waals surface area contributed by atoms with Crippen molar-refractivity contribution in [2.45, 2.75) is 13.2 Å². The van der Waals surface area contributed by atoms with E-state index in [0.717, 1.165) is 11.1 Å². The number of fused-ring (bicyclic) bond motifs is 1. The fourth-order valence-corrected chi connectivity index (χ4v) is 3.53. The van der Waals surface area contributed by atoms with Gasteiger partial charge in [0.05, 0.1) is 18.8 Å². The minimum absolute atomic E-state index is 0.0450. The van der Waals surface area contributed by atoms with Crippen LogP contribution in [0.1, 0.15) is 31.8 Å². The van der Waals surface area contributed by atoms with E-state index in [4.69, 9.17) is 9.05 Å². The summed E-state index contributed by atoms with van der Waals surface area (Å²) in [5.41, 5.74) is 2.02. The highest BCUT2D eigenvalue weighted by atomic mass is 31.2. The van der Waals surface area contributed by atoms with Gasteiger partial charge in [-0.25, -0.2) is 4.57 Å². The molecule has 1 aliphatic carbocycles. The molecule has 0 heterocycles. The lowest BCUT2D eigenvalue weighted by molar-refractivity contribution is 0.0991. The second kappa shape index (κ2) is 10.8. The van der Waals surface area contributed by atoms with Crippen LogP contribution in [0.15, 0.2) is 91.0 Å². The zero-order chi connectivity index (χ0) is 23.0. The molecular formula is C24H21O7P. The Kier molecular flexibility index (Phi) is 7.87. The van der Waals surface area contributed by atoms with Crippen LogP contribution in [0, 0.1) is 0 Å². The number of benzene rings is 3. The van der Waals surface area contributed by atoms with Crippen molar-refractivity contribution in [1.29, 1.82) is 0 Å². The lowest BCUT2D eigenvalue weighted by Crippen LogP contribution is -2.11. The van der Waals surface area contributed by atoms with Crippen molar-refractivity contribution >= 4 is 19.4 Å². The van der Waals surface area contributed by atoms with E-state index >= 15 is 0 Å². The van der Waals surface area contributed by atoms with Gasteiger partial charge >= 0.3 is 7.82 Å². The molecule has 0 spiro atoms. The lowest BCUT2D eigenvalue weighted by atomic mass is 9.94. The number of phosphoric acid groups is 1. The zero-order valence-electron chi connectivity index (χ0n) is 17.0. The van der Waals surface area contributed by atoms with E-state index in [-0.39, 0.29) is 41.7 Å². The molecule has 0 fully saturated rings. The molecule has 3 aromatic rings. The Morgan fingerprint density at radius 1 is 0.688 bits per heavy atom. The molecular weight excluding hydrogens is 431 g/mol. The number of phenols is 1. The molecule has 0 amide bonds. The second-order valence-electron chi connectivity index (χ2n) is 6.75. The molecule has 0 radical (unpaired) electrons. The second-order valence-corrected chi connectivity index (χ2v) is 8.20. The Morgan fingerprint density at radius 3 is 1.69 bits per heavy atom. The smallest absolute Gasteiger partial charge is 0.472 e. The van der Waals surface area contributed by atoms with E-state index in [1.807, 2.05) is 60.7 Å². The highest BCUT2D eigenvalue weighted by Crippen LogP contribution is 2.44. The quantitative estimate of drug-likeness (QED) is 0.515. The Bertz CT molecular complexity index is 1110. The predicted octanol–water partition coefficient (Wildman–Crippen LogP) is 4.85. The van der Waals surface area contributed by atoms with Gasteiger partial charge < -0.3 is 10.00 Å². The Morgan fingerprint density at radius 2 is 1.19 bits per heavy atom. The first-order valence-electron chi connectivity index (χ1n) is 9.64. The van der Waals surface area contributed by atoms with Gasteiger partial charge in [0, 0.05) is 5.56 Å². The summed E-state index contributed by atoms with van der Waals surface area (Å²) in [6.07, 6.45) is 2.38. The monoisotopic (exact) mass is 452 g/mol. The molecule has 3 aromatic carbocycles. The minimum Gasteiger partial charge on any atom is -0.507 e. The summed E-state index contributed by atoms with van der Waals surface area (Å²) >= 11 is 0. The van der Waals surface area contributed by atoms with Gasteiger partial charge in [0.25, 0.3) is 0 Å². The number of phosphoric ester groups is 1. The molecule has 0 unspecified atom stereocenters. The maximum Gasteiger partial charge on any atom is 0.472 e. The zero-order valence-corrected chi connectivity index (χ0v) is 17.9. The summed E-state index contributed by atoms with van der Waals surface area (Å²) in [5, 5.41) is 9.34. The van der Waals surface area contributed by atoms with Gasteiger partial charge in [-0.05, 0) is 29.3 Å². The van der Waals surface area contributed by atoms with Crippen molar-refractivity contribution < 1.29 is 33.2 Å². The molecule has 164 valence electrons. The fraction of sp³-hybridized carbons (Fsp3) is 0.0833. The predicted molar refractivity (Wildman–Crippen MR) is 118 cm³/mol. The van der Waals surface area contributed by atoms with Crippen LogP contribution in [0.3, 0.4) is 0 Å². The van der Waals surface area contributed by atoms with Crippen molar-refractivity contribution in [2.75, 3.05) is 0 Å². The topological polar surface area (TPSA) is 110 Å². The van der Waals surface area contributed by atoms with Crippen LogP contribution in [0.5, 0.6) is 5.75 Å². The summed E-state index contributed by atoms with van der Waals surface area (Å²) in [7, 11) is -4.02. The van der Waals surface area contributed by atoms with Crippen molar-refractivity contribution in [3.63, 3.8) is 0 Å². The Labute approximate surface area is 185 Å². The standard InChI is InChI=1S/C14H15O4P.C10H6O3/c15-19(16,17-11-13-7-3-1-4-8-13)18-12-14-9-5-2-6-10-14;11-7-4-5-9(13)10-6(7)2-1-3-8(10)12/h1-10H,11-12H2,(H,15,16);1-5,12H. The van der Waals surface area contributed by atoms with Crippen LogP contribution in [0.25, 0.3) is 0 Å². The van der Waals surface area contributed by atoms with Gasteiger partial charge in [0.2, 0.25) is 0 Å². The molecule has 2 N–H and O–H groups in total. The third-order valence-corrected chi connectivity index (χ3v) is 5.33. The Hall–Kier alpha value is -3.35. The van der Waals surface area contributed by atoms with Crippen LogP contribution in [-0.4, -0.2) is 21.6 Å². The van der Waals surface area contributed by atoms with Gasteiger partial charge in [0.15, 0.2) is 11.6 Å². The normalized spacial score (nSPS) is 12.7. The van der Waals surface area contributed by atoms with E-state index < -0.39 is 7.82 Å². The number of hydrogen-bond donors (Lipinski definition) is 2. The maximum absolute atomic E-state index is 11.7. The lowest BCUT2D eigenvalue weighted by Gasteiger charge is -2.12. The van der Waals surface area contributed by atoms with E-state index in [2.05, 4.69) is 0 Å². The number of aromatic hydroxyl groups is 1. The number of ketones is 2. The van der Waals surface area contributed by atoms with E-state index in [0.29, 0.717) is 0 Å². The van der Waals surface area contributed by atoms with Gasteiger partial charge in [-0.3, -0.25) is 18.6 Å².